The van der Waals surface area contributed by atoms with Crippen LogP contribution in [0.1, 0.15) is 52.0 Å². The number of amides is 1. The lowest BCUT2D eigenvalue weighted by Crippen LogP contribution is -2.23. The number of rotatable bonds is 7. The topological polar surface area (TPSA) is 84.4 Å². The number of carbonyl (C=O) groups is 2. The zero-order valence-corrected chi connectivity index (χ0v) is 18.8. The lowest BCUT2D eigenvalue weighted by atomic mass is 10.1. The maximum absolute atomic E-state index is 12.3. The van der Waals surface area contributed by atoms with Crippen LogP contribution < -0.4 is 5.32 Å². The molecule has 0 unspecified atom stereocenters. The number of fused-ring (bicyclic) bond motifs is 1. The number of thiophene rings is 1. The number of hydrogen-bond acceptors (Lipinski definition) is 7. The molecule has 1 aromatic carbocycles. The van der Waals surface area contributed by atoms with E-state index in [9.17, 15) is 9.59 Å². The highest BCUT2D eigenvalue weighted by molar-refractivity contribution is 7.20. The van der Waals surface area contributed by atoms with Gasteiger partial charge in [0.2, 0.25) is 5.91 Å². The van der Waals surface area contributed by atoms with Gasteiger partial charge in [-0.1, -0.05) is 24.3 Å². The van der Waals surface area contributed by atoms with Crippen molar-refractivity contribution in [2.24, 2.45) is 0 Å². The van der Waals surface area contributed by atoms with Gasteiger partial charge >= 0.3 is 5.97 Å². The molecule has 4 rings (SSSR count). The maximum atomic E-state index is 12.3. The van der Waals surface area contributed by atoms with Crippen LogP contribution in [0, 0.1) is 13.8 Å². The summed E-state index contributed by atoms with van der Waals surface area (Å²) in [6, 6.07) is 8.27. The van der Waals surface area contributed by atoms with Crippen molar-refractivity contribution in [3.63, 3.8) is 0 Å². The van der Waals surface area contributed by atoms with Gasteiger partial charge in [0.15, 0.2) is 0 Å². The molecule has 0 atom stereocenters. The number of likely N-dealkylation sites (tertiary alicyclic amines) is 1. The molecular weight excluding hydrogens is 412 g/mol. The molecule has 0 bridgehead atoms. The minimum absolute atomic E-state index is 0.238. The highest BCUT2D eigenvalue weighted by atomic mass is 32.1. The van der Waals surface area contributed by atoms with Crippen molar-refractivity contribution < 1.29 is 14.3 Å². The number of esters is 1. The highest BCUT2D eigenvalue weighted by Crippen LogP contribution is 2.34. The third kappa shape index (κ3) is 4.54. The second kappa shape index (κ2) is 9.01. The maximum Gasteiger partial charge on any atom is 0.348 e. The van der Waals surface area contributed by atoms with E-state index >= 15 is 0 Å². The first-order valence-corrected chi connectivity index (χ1v) is 11.3. The molecule has 3 heterocycles. The number of aryl methyl sites for hydroxylation is 2. The third-order valence-corrected chi connectivity index (χ3v) is 6.56. The van der Waals surface area contributed by atoms with E-state index in [1.165, 1.54) is 11.3 Å². The molecule has 0 aliphatic carbocycles. The van der Waals surface area contributed by atoms with Gasteiger partial charge in [0.1, 0.15) is 21.3 Å². The number of nitrogens with one attached hydrogen (secondary N) is 1. The SMILES string of the molecule is CCOC(=O)c1sc2nc(C)nc(NCc3ccc(CN4CCCC4=O)cc3)c2c1C. The number of carbonyl (C=O) groups excluding carboxylic acids is 2. The summed E-state index contributed by atoms with van der Waals surface area (Å²) in [5.74, 6) is 1.29. The van der Waals surface area contributed by atoms with Crippen molar-refractivity contribution in [3.05, 3.63) is 51.7 Å². The summed E-state index contributed by atoms with van der Waals surface area (Å²) in [7, 11) is 0. The van der Waals surface area contributed by atoms with Gasteiger partial charge in [0.05, 0.1) is 12.0 Å². The van der Waals surface area contributed by atoms with Crippen LogP contribution in [0.15, 0.2) is 24.3 Å². The normalized spacial score (nSPS) is 13.8. The van der Waals surface area contributed by atoms with E-state index in [1.54, 1.807) is 6.92 Å². The van der Waals surface area contributed by atoms with E-state index in [1.807, 2.05) is 18.7 Å². The van der Waals surface area contributed by atoms with E-state index < -0.39 is 0 Å². The molecule has 1 amide bonds. The zero-order valence-electron chi connectivity index (χ0n) is 18.0. The molecule has 0 saturated carbocycles. The second-order valence-corrected chi connectivity index (χ2v) is 8.66. The highest BCUT2D eigenvalue weighted by Gasteiger charge is 2.21. The van der Waals surface area contributed by atoms with E-state index in [4.69, 9.17) is 4.74 Å². The predicted molar refractivity (Wildman–Crippen MR) is 121 cm³/mol. The summed E-state index contributed by atoms with van der Waals surface area (Å²) in [6.07, 6.45) is 1.61. The van der Waals surface area contributed by atoms with Crippen LogP contribution >= 0.6 is 11.3 Å². The standard InChI is InChI=1S/C23H26N4O3S/c1-4-30-23(29)20-14(2)19-21(25-15(3)26-22(19)31-20)24-12-16-7-9-17(10-8-16)13-27-11-5-6-18(27)28/h7-10H,4-6,11-13H2,1-3H3,(H,24,25,26). The van der Waals surface area contributed by atoms with Crippen LogP contribution in [0.4, 0.5) is 5.82 Å². The minimum Gasteiger partial charge on any atom is -0.462 e. The van der Waals surface area contributed by atoms with Gasteiger partial charge in [-0.05, 0) is 43.9 Å². The molecule has 162 valence electrons. The van der Waals surface area contributed by atoms with Crippen molar-refractivity contribution in [1.29, 1.82) is 0 Å². The third-order valence-electron chi connectivity index (χ3n) is 5.39. The smallest absolute Gasteiger partial charge is 0.348 e. The Morgan fingerprint density at radius 1 is 1.19 bits per heavy atom. The molecule has 8 heteroatoms. The Bertz CT molecular complexity index is 1120. The van der Waals surface area contributed by atoms with Gasteiger partial charge in [-0.3, -0.25) is 4.79 Å². The minimum atomic E-state index is -0.321. The second-order valence-electron chi connectivity index (χ2n) is 7.67. The molecular formula is C23H26N4O3S. The summed E-state index contributed by atoms with van der Waals surface area (Å²) in [5.41, 5.74) is 3.08. The number of benzene rings is 1. The number of nitrogens with zero attached hydrogens (tertiary/aromatic N) is 3. The van der Waals surface area contributed by atoms with Crippen molar-refractivity contribution in [3.8, 4) is 0 Å². The fourth-order valence-electron chi connectivity index (χ4n) is 3.80. The van der Waals surface area contributed by atoms with Crippen LogP contribution in [0.2, 0.25) is 0 Å². The number of hydrogen-bond donors (Lipinski definition) is 1. The molecule has 3 aromatic rings. The fourth-order valence-corrected chi connectivity index (χ4v) is 4.93. The molecule has 1 aliphatic heterocycles. The van der Waals surface area contributed by atoms with Gasteiger partial charge < -0.3 is 15.0 Å². The first kappa shape index (κ1) is 21.2. The van der Waals surface area contributed by atoms with Crippen molar-refractivity contribution >= 4 is 39.2 Å². The van der Waals surface area contributed by atoms with Crippen molar-refractivity contribution in [1.82, 2.24) is 14.9 Å². The van der Waals surface area contributed by atoms with Crippen LogP contribution in [0.5, 0.6) is 0 Å². The monoisotopic (exact) mass is 438 g/mol. The zero-order chi connectivity index (χ0) is 22.0. The number of ether oxygens (including phenoxy) is 1. The van der Waals surface area contributed by atoms with Crippen LogP contribution in [0.3, 0.4) is 0 Å². The molecule has 7 nitrogen and oxygen atoms in total. The first-order chi connectivity index (χ1) is 15.0. The molecule has 1 aliphatic rings. The van der Waals surface area contributed by atoms with E-state index in [0.717, 1.165) is 45.7 Å². The van der Waals surface area contributed by atoms with Crippen molar-refractivity contribution in [2.75, 3.05) is 18.5 Å². The number of anilines is 1. The molecule has 0 radical (unpaired) electrons. The molecule has 31 heavy (non-hydrogen) atoms. The average molecular weight is 439 g/mol. The summed E-state index contributed by atoms with van der Waals surface area (Å²) < 4.78 is 5.18. The van der Waals surface area contributed by atoms with Crippen LogP contribution in [0.25, 0.3) is 10.2 Å². The van der Waals surface area contributed by atoms with Gasteiger partial charge in [-0.2, -0.15) is 0 Å². The summed E-state index contributed by atoms with van der Waals surface area (Å²) in [6.45, 7) is 8.00. The summed E-state index contributed by atoms with van der Waals surface area (Å²) >= 11 is 1.34. The molecule has 2 aromatic heterocycles. The lowest BCUT2D eigenvalue weighted by Gasteiger charge is -2.15. The molecule has 1 N–H and O–H groups in total. The lowest BCUT2D eigenvalue weighted by molar-refractivity contribution is -0.128. The Morgan fingerprint density at radius 2 is 1.94 bits per heavy atom. The van der Waals surface area contributed by atoms with E-state index in [2.05, 4.69) is 39.6 Å². The quantitative estimate of drug-likeness (QED) is 0.556. The fraction of sp³-hybridized carbons (Fsp3) is 0.391. The van der Waals surface area contributed by atoms with Gasteiger partial charge in [0, 0.05) is 26.1 Å². The summed E-state index contributed by atoms with van der Waals surface area (Å²) in [4.78, 5) is 36.5. The predicted octanol–water partition coefficient (Wildman–Crippen LogP) is 4.22. The van der Waals surface area contributed by atoms with Crippen molar-refractivity contribution in [2.45, 2.75) is 46.7 Å². The number of aromatic nitrogens is 2. The van der Waals surface area contributed by atoms with E-state index in [0.29, 0.717) is 36.8 Å². The van der Waals surface area contributed by atoms with Gasteiger partial charge in [-0.15, -0.1) is 11.3 Å². The Kier molecular flexibility index (Phi) is 6.18. The van der Waals surface area contributed by atoms with Gasteiger partial charge in [0.25, 0.3) is 0 Å². The van der Waals surface area contributed by atoms with Crippen LogP contribution in [-0.2, 0) is 22.6 Å². The Balaban J connectivity index is 1.50. The molecule has 1 saturated heterocycles. The van der Waals surface area contributed by atoms with Crippen LogP contribution in [-0.4, -0.2) is 39.9 Å². The van der Waals surface area contributed by atoms with Gasteiger partial charge in [-0.25, -0.2) is 14.8 Å². The summed E-state index contributed by atoms with van der Waals surface area (Å²) in [5, 5.41) is 4.27. The van der Waals surface area contributed by atoms with E-state index in [-0.39, 0.29) is 11.9 Å². The Morgan fingerprint density at radius 3 is 2.61 bits per heavy atom. The molecule has 0 spiro atoms. The Labute approximate surface area is 185 Å². The average Bonchev–Trinajstić information content (AvgIpc) is 3.30. The first-order valence-electron chi connectivity index (χ1n) is 10.5. The molecule has 1 fully saturated rings. The Hall–Kier alpha value is -3.00. The largest absolute Gasteiger partial charge is 0.462 e.